The fourth-order valence-corrected chi connectivity index (χ4v) is 3.86. The molecule has 0 bridgehead atoms. The summed E-state index contributed by atoms with van der Waals surface area (Å²) in [5.74, 6) is 1.15. The van der Waals surface area contributed by atoms with Crippen LogP contribution in [0, 0.1) is 0 Å². The van der Waals surface area contributed by atoms with Crippen molar-refractivity contribution in [3.8, 4) is 0 Å². The first-order chi connectivity index (χ1) is 11.2. The summed E-state index contributed by atoms with van der Waals surface area (Å²) in [6, 6.07) is 12.0. The zero-order valence-electron chi connectivity index (χ0n) is 15.0. The van der Waals surface area contributed by atoms with Crippen molar-refractivity contribution in [2.24, 2.45) is 0 Å². The van der Waals surface area contributed by atoms with E-state index in [4.69, 9.17) is 0 Å². The third-order valence-corrected chi connectivity index (χ3v) is 5.89. The van der Waals surface area contributed by atoms with Crippen LogP contribution in [0.2, 0.25) is 0 Å². The number of hydrogen-bond donors (Lipinski definition) is 1. The van der Waals surface area contributed by atoms with Gasteiger partial charge in [0, 0.05) is 48.9 Å². The number of rotatable bonds is 9. The average Bonchev–Trinajstić information content (AvgIpc) is 2.59. The molecule has 1 aromatic rings. The van der Waals surface area contributed by atoms with E-state index in [1.54, 1.807) is 0 Å². The van der Waals surface area contributed by atoms with Gasteiger partial charge in [-0.2, -0.15) is 0 Å². The Morgan fingerprint density at radius 2 is 1.83 bits per heavy atom. The first-order valence-corrected chi connectivity index (χ1v) is 10.0. The second-order valence-corrected chi connectivity index (χ2v) is 7.82. The molecule has 23 heavy (non-hydrogen) atoms. The first kappa shape index (κ1) is 18.8. The summed E-state index contributed by atoms with van der Waals surface area (Å²) in [7, 11) is 2.22. The molecule has 1 heterocycles. The molecule has 0 saturated carbocycles. The second kappa shape index (κ2) is 10.3. The quantitative estimate of drug-likeness (QED) is 0.698. The Kier molecular flexibility index (Phi) is 8.45. The van der Waals surface area contributed by atoms with Crippen LogP contribution in [0.3, 0.4) is 0 Å². The molecular weight excluding hydrogens is 302 g/mol. The van der Waals surface area contributed by atoms with Gasteiger partial charge in [-0.15, -0.1) is 11.8 Å². The maximum absolute atomic E-state index is 3.83. The van der Waals surface area contributed by atoms with E-state index < -0.39 is 0 Å². The minimum Gasteiger partial charge on any atom is -0.311 e. The number of piperazine rings is 1. The van der Waals surface area contributed by atoms with Crippen molar-refractivity contribution in [2.75, 3.05) is 45.5 Å². The molecule has 0 aliphatic carbocycles. The summed E-state index contributed by atoms with van der Waals surface area (Å²) < 4.78 is 0. The Labute approximate surface area is 146 Å². The van der Waals surface area contributed by atoms with Gasteiger partial charge in [0.15, 0.2) is 0 Å². The Morgan fingerprint density at radius 1 is 1.13 bits per heavy atom. The van der Waals surface area contributed by atoms with Crippen molar-refractivity contribution >= 4 is 11.8 Å². The van der Waals surface area contributed by atoms with Gasteiger partial charge in [0.2, 0.25) is 0 Å². The molecule has 0 radical (unpaired) electrons. The van der Waals surface area contributed by atoms with Crippen LogP contribution in [0.15, 0.2) is 35.2 Å². The molecule has 1 saturated heterocycles. The first-order valence-electron chi connectivity index (χ1n) is 9.02. The highest BCUT2D eigenvalue weighted by Crippen LogP contribution is 2.19. The molecule has 0 aromatic heterocycles. The lowest BCUT2D eigenvalue weighted by atomic mass is 10.1. The molecule has 130 valence electrons. The van der Waals surface area contributed by atoms with Gasteiger partial charge in [0.25, 0.3) is 0 Å². The van der Waals surface area contributed by atoms with E-state index in [9.17, 15) is 0 Å². The third kappa shape index (κ3) is 7.25. The number of nitrogens with zero attached hydrogens (tertiary/aromatic N) is 2. The largest absolute Gasteiger partial charge is 0.311 e. The maximum atomic E-state index is 3.83. The SMILES string of the molecule is CCC(C)N[C@H](CCN1CCN(C)CC1)CSc1ccccc1. The maximum Gasteiger partial charge on any atom is 0.0176 e. The summed E-state index contributed by atoms with van der Waals surface area (Å²) in [5, 5.41) is 3.83. The molecule has 3 nitrogen and oxygen atoms in total. The topological polar surface area (TPSA) is 18.5 Å². The van der Waals surface area contributed by atoms with Gasteiger partial charge >= 0.3 is 0 Å². The number of nitrogens with one attached hydrogen (secondary N) is 1. The monoisotopic (exact) mass is 335 g/mol. The number of thioether (sulfide) groups is 1. The molecule has 1 aliphatic heterocycles. The molecule has 1 fully saturated rings. The van der Waals surface area contributed by atoms with Crippen LogP contribution in [-0.4, -0.2) is 67.4 Å². The Bertz CT molecular complexity index is 418. The molecule has 4 heteroatoms. The van der Waals surface area contributed by atoms with Crippen LogP contribution in [-0.2, 0) is 0 Å². The smallest absolute Gasteiger partial charge is 0.0176 e. The summed E-state index contributed by atoms with van der Waals surface area (Å²) in [5.41, 5.74) is 0. The van der Waals surface area contributed by atoms with E-state index in [1.807, 2.05) is 11.8 Å². The van der Waals surface area contributed by atoms with Crippen LogP contribution >= 0.6 is 11.8 Å². The van der Waals surface area contributed by atoms with Crippen LogP contribution in [0.25, 0.3) is 0 Å². The molecule has 1 aliphatic rings. The normalized spacial score (nSPS) is 19.6. The second-order valence-electron chi connectivity index (χ2n) is 6.73. The van der Waals surface area contributed by atoms with Gasteiger partial charge in [-0.25, -0.2) is 0 Å². The molecule has 1 aromatic carbocycles. The molecule has 2 atom stereocenters. The van der Waals surface area contributed by atoms with Crippen LogP contribution in [0.1, 0.15) is 26.7 Å². The van der Waals surface area contributed by atoms with Crippen LogP contribution in [0.5, 0.6) is 0 Å². The highest BCUT2D eigenvalue weighted by molar-refractivity contribution is 7.99. The van der Waals surface area contributed by atoms with Crippen molar-refractivity contribution in [1.82, 2.24) is 15.1 Å². The summed E-state index contributed by atoms with van der Waals surface area (Å²) in [6.45, 7) is 10.6. The van der Waals surface area contributed by atoms with E-state index in [2.05, 4.69) is 66.3 Å². The van der Waals surface area contributed by atoms with Crippen molar-refractivity contribution in [2.45, 2.75) is 43.7 Å². The van der Waals surface area contributed by atoms with Gasteiger partial charge in [0.1, 0.15) is 0 Å². The van der Waals surface area contributed by atoms with Gasteiger partial charge < -0.3 is 15.1 Å². The Balaban J connectivity index is 1.78. The zero-order chi connectivity index (χ0) is 16.5. The Morgan fingerprint density at radius 3 is 2.48 bits per heavy atom. The third-order valence-electron chi connectivity index (χ3n) is 4.72. The molecule has 0 amide bonds. The van der Waals surface area contributed by atoms with Crippen LogP contribution in [0.4, 0.5) is 0 Å². The van der Waals surface area contributed by atoms with Gasteiger partial charge in [-0.1, -0.05) is 25.1 Å². The minimum atomic E-state index is 0.592. The van der Waals surface area contributed by atoms with E-state index in [-0.39, 0.29) is 0 Å². The van der Waals surface area contributed by atoms with Gasteiger partial charge in [0.05, 0.1) is 0 Å². The minimum absolute atomic E-state index is 0.592. The number of benzene rings is 1. The number of hydrogen-bond acceptors (Lipinski definition) is 4. The lowest BCUT2D eigenvalue weighted by Crippen LogP contribution is -2.46. The fraction of sp³-hybridized carbons (Fsp3) is 0.684. The predicted octanol–water partition coefficient (Wildman–Crippen LogP) is 3.17. The fourth-order valence-electron chi connectivity index (χ4n) is 2.86. The molecule has 2 rings (SSSR count). The summed E-state index contributed by atoms with van der Waals surface area (Å²) in [6.07, 6.45) is 2.44. The molecule has 1 N–H and O–H groups in total. The van der Waals surface area contributed by atoms with Crippen molar-refractivity contribution in [3.63, 3.8) is 0 Å². The van der Waals surface area contributed by atoms with E-state index in [0.717, 1.165) is 5.75 Å². The number of likely N-dealkylation sites (N-methyl/N-ethyl adjacent to an activating group) is 1. The van der Waals surface area contributed by atoms with Crippen molar-refractivity contribution in [1.29, 1.82) is 0 Å². The van der Waals surface area contributed by atoms with Gasteiger partial charge in [-0.05, 0) is 45.5 Å². The van der Waals surface area contributed by atoms with E-state index >= 15 is 0 Å². The Hall–Kier alpha value is -0.550. The predicted molar refractivity (Wildman–Crippen MR) is 102 cm³/mol. The highest BCUT2D eigenvalue weighted by Gasteiger charge is 2.17. The van der Waals surface area contributed by atoms with E-state index in [0.29, 0.717) is 12.1 Å². The average molecular weight is 336 g/mol. The van der Waals surface area contributed by atoms with Gasteiger partial charge in [-0.3, -0.25) is 0 Å². The van der Waals surface area contributed by atoms with Crippen molar-refractivity contribution in [3.05, 3.63) is 30.3 Å². The van der Waals surface area contributed by atoms with Crippen LogP contribution < -0.4 is 5.32 Å². The molecule has 1 unspecified atom stereocenters. The highest BCUT2D eigenvalue weighted by atomic mass is 32.2. The zero-order valence-corrected chi connectivity index (χ0v) is 15.8. The summed E-state index contributed by atoms with van der Waals surface area (Å²) in [4.78, 5) is 6.43. The summed E-state index contributed by atoms with van der Waals surface area (Å²) >= 11 is 1.98. The lowest BCUT2D eigenvalue weighted by Gasteiger charge is -2.33. The van der Waals surface area contributed by atoms with E-state index in [1.165, 1.54) is 50.5 Å². The standard InChI is InChI=1S/C19H33N3S/c1-4-17(2)20-18(16-23-19-8-6-5-7-9-19)10-11-22-14-12-21(3)13-15-22/h5-9,17-18,20H,4,10-16H2,1-3H3/t17?,18-/m1/s1. The van der Waals surface area contributed by atoms with Crippen molar-refractivity contribution < 1.29 is 0 Å². The molecular formula is C19H33N3S. The molecule has 0 spiro atoms. The lowest BCUT2D eigenvalue weighted by molar-refractivity contribution is 0.149.